The van der Waals surface area contributed by atoms with E-state index < -0.39 is 15.6 Å². The van der Waals surface area contributed by atoms with E-state index in [2.05, 4.69) is 9.71 Å². The number of hydrogen-bond donors (Lipinski definition) is 2. The Morgan fingerprint density at radius 2 is 1.91 bits per heavy atom. The number of nitrogens with one attached hydrogen (secondary N) is 1. The van der Waals surface area contributed by atoms with Gasteiger partial charge in [0.2, 0.25) is 0 Å². The summed E-state index contributed by atoms with van der Waals surface area (Å²) in [5.41, 5.74) is 1.14. The largest absolute Gasteiger partial charge is 0.497 e. The summed E-state index contributed by atoms with van der Waals surface area (Å²) >= 11 is 1.42. The molecule has 4 rings (SSSR count). The first kappa shape index (κ1) is 23.3. The molecule has 2 heterocycles. The number of sulfonamides is 1. The number of rotatable bonds is 7. The van der Waals surface area contributed by atoms with Gasteiger partial charge >= 0.3 is 0 Å². The van der Waals surface area contributed by atoms with Gasteiger partial charge in [-0.2, -0.15) is 0 Å². The van der Waals surface area contributed by atoms with E-state index in [1.165, 1.54) is 18.4 Å². The molecule has 8 nitrogen and oxygen atoms in total. The number of imidazole rings is 1. The summed E-state index contributed by atoms with van der Waals surface area (Å²) in [6.45, 7) is 5.37. The first-order chi connectivity index (χ1) is 15.5. The van der Waals surface area contributed by atoms with Crippen LogP contribution in [0.4, 0.5) is 5.69 Å². The molecule has 0 bridgehead atoms. The zero-order valence-corrected chi connectivity index (χ0v) is 20.8. The number of fused-ring (bicyclic) bond motifs is 1. The fraction of sp³-hybridized carbons (Fsp3) is 0.348. The van der Waals surface area contributed by atoms with E-state index >= 15 is 0 Å². The summed E-state index contributed by atoms with van der Waals surface area (Å²) in [4.78, 5) is 6.26. The average Bonchev–Trinajstić information content (AvgIpc) is 3.30. The van der Waals surface area contributed by atoms with Crippen molar-refractivity contribution in [2.24, 2.45) is 0 Å². The zero-order valence-electron chi connectivity index (χ0n) is 19.1. The van der Waals surface area contributed by atoms with Crippen LogP contribution in [-0.4, -0.2) is 37.1 Å². The van der Waals surface area contributed by atoms with Crippen LogP contribution in [0, 0.1) is 6.92 Å². The number of aliphatic hydroxyl groups is 1. The van der Waals surface area contributed by atoms with Crippen molar-refractivity contribution < 1.29 is 23.0 Å². The van der Waals surface area contributed by atoms with E-state index in [0.29, 0.717) is 23.6 Å². The monoisotopic (exact) mass is 489 g/mol. The van der Waals surface area contributed by atoms with E-state index in [4.69, 9.17) is 9.47 Å². The minimum Gasteiger partial charge on any atom is -0.497 e. The Morgan fingerprint density at radius 1 is 1.21 bits per heavy atom. The zero-order chi connectivity index (χ0) is 24.0. The molecular formula is C23H27N3O5S2. The Hall–Kier alpha value is -2.82. The van der Waals surface area contributed by atoms with Gasteiger partial charge in [0.15, 0.2) is 4.96 Å². The van der Waals surface area contributed by atoms with Gasteiger partial charge in [0.1, 0.15) is 16.4 Å². The molecule has 2 aromatic heterocycles. The molecule has 0 radical (unpaired) electrons. The van der Waals surface area contributed by atoms with Crippen LogP contribution >= 0.6 is 11.3 Å². The fourth-order valence-corrected chi connectivity index (χ4v) is 6.20. The highest BCUT2D eigenvalue weighted by Gasteiger charge is 2.31. The van der Waals surface area contributed by atoms with Crippen molar-refractivity contribution in [3.05, 3.63) is 69.5 Å². The van der Waals surface area contributed by atoms with Crippen molar-refractivity contribution >= 4 is 32.0 Å². The summed E-state index contributed by atoms with van der Waals surface area (Å²) < 4.78 is 41.7. The minimum atomic E-state index is -3.92. The topological polar surface area (TPSA) is 102 Å². The van der Waals surface area contributed by atoms with E-state index in [1.807, 2.05) is 17.5 Å². The van der Waals surface area contributed by atoms with Crippen molar-refractivity contribution in [3.63, 3.8) is 0 Å². The van der Waals surface area contributed by atoms with Gasteiger partial charge in [-0.15, -0.1) is 0 Å². The molecule has 1 aromatic carbocycles. The van der Waals surface area contributed by atoms with E-state index in [0.717, 1.165) is 21.2 Å². The van der Waals surface area contributed by atoms with Crippen LogP contribution in [0.3, 0.4) is 0 Å². The first-order valence-corrected chi connectivity index (χ1v) is 12.7. The van der Waals surface area contributed by atoms with Crippen LogP contribution in [0.2, 0.25) is 0 Å². The highest BCUT2D eigenvalue weighted by Crippen LogP contribution is 2.38. The van der Waals surface area contributed by atoms with Crippen LogP contribution in [0.25, 0.3) is 4.96 Å². The molecule has 33 heavy (non-hydrogen) atoms. The first-order valence-electron chi connectivity index (χ1n) is 10.4. The Labute approximate surface area is 197 Å². The molecule has 0 aliphatic heterocycles. The maximum Gasteiger partial charge on any atom is 0.265 e. The van der Waals surface area contributed by atoms with Crippen LogP contribution < -0.4 is 9.46 Å². The molecule has 3 aromatic rings. The quantitative estimate of drug-likeness (QED) is 0.514. The highest BCUT2D eigenvalue weighted by molar-refractivity contribution is 7.96. The normalized spacial score (nSPS) is 17.0. The van der Waals surface area contributed by atoms with Crippen molar-refractivity contribution in [1.82, 2.24) is 9.38 Å². The predicted molar refractivity (Wildman–Crippen MR) is 129 cm³/mol. The Morgan fingerprint density at radius 3 is 2.52 bits per heavy atom. The molecule has 0 amide bonds. The lowest BCUT2D eigenvalue weighted by molar-refractivity contribution is 0.0822. The van der Waals surface area contributed by atoms with Crippen molar-refractivity contribution in [3.8, 4) is 5.75 Å². The molecule has 0 fully saturated rings. The third-order valence-corrected chi connectivity index (χ3v) is 8.22. The number of hydrogen-bond acceptors (Lipinski definition) is 7. The number of allylic oxidation sites excluding steroid dienone is 2. The lowest BCUT2D eigenvalue weighted by Crippen LogP contribution is -2.20. The van der Waals surface area contributed by atoms with Gasteiger partial charge in [0, 0.05) is 17.8 Å². The molecule has 1 aliphatic carbocycles. The lowest BCUT2D eigenvalue weighted by Gasteiger charge is -2.22. The van der Waals surface area contributed by atoms with Gasteiger partial charge in [0.25, 0.3) is 10.0 Å². The summed E-state index contributed by atoms with van der Waals surface area (Å²) in [5, 5.41) is 10.4. The summed E-state index contributed by atoms with van der Waals surface area (Å²) in [6.07, 6.45) is 5.94. The number of aromatic nitrogens is 2. The Balaban J connectivity index is 1.73. The number of methoxy groups -OCH3 is 2. The molecule has 1 atom stereocenters. The number of aryl methyl sites for hydroxylation is 1. The van der Waals surface area contributed by atoms with Gasteiger partial charge in [-0.3, -0.25) is 9.12 Å². The number of thiazole rings is 1. The predicted octanol–water partition coefficient (Wildman–Crippen LogP) is 4.28. The van der Waals surface area contributed by atoms with E-state index in [-0.39, 0.29) is 10.8 Å². The Kier molecular flexibility index (Phi) is 6.02. The molecule has 1 aliphatic rings. The summed E-state index contributed by atoms with van der Waals surface area (Å²) in [7, 11) is -0.907. The van der Waals surface area contributed by atoms with Gasteiger partial charge in [-0.25, -0.2) is 13.4 Å². The number of nitrogens with zero attached hydrogens (tertiary/aromatic N) is 2. The summed E-state index contributed by atoms with van der Waals surface area (Å²) in [6, 6.07) is 6.65. The number of benzene rings is 1. The molecule has 0 saturated carbocycles. The van der Waals surface area contributed by atoms with Gasteiger partial charge in [-0.05, 0) is 57.5 Å². The minimum absolute atomic E-state index is 0.0735. The van der Waals surface area contributed by atoms with Gasteiger partial charge in [0.05, 0.1) is 36.1 Å². The second-order valence-corrected chi connectivity index (χ2v) is 11.0. The second-order valence-electron chi connectivity index (χ2n) is 8.37. The number of anilines is 1. The smallest absolute Gasteiger partial charge is 0.265 e. The van der Waals surface area contributed by atoms with E-state index in [1.54, 1.807) is 57.4 Å². The third-order valence-electron chi connectivity index (χ3n) is 5.51. The number of ether oxygens (including phenoxy) is 2. The SMILES string of the molecule is COC1=CCC(c2c(C)nc3sc(C(C)(C)O)cn23)C=C1S(=O)(=O)Nc1ccc(OC)cc1. The maximum atomic E-state index is 13.3. The lowest BCUT2D eigenvalue weighted by atomic mass is 9.95. The molecule has 0 spiro atoms. The van der Waals surface area contributed by atoms with Crippen molar-refractivity contribution in [2.45, 2.75) is 38.7 Å². The second kappa shape index (κ2) is 8.51. The van der Waals surface area contributed by atoms with Crippen LogP contribution in [-0.2, 0) is 20.4 Å². The third kappa shape index (κ3) is 4.50. The van der Waals surface area contributed by atoms with Gasteiger partial charge in [-0.1, -0.05) is 17.4 Å². The van der Waals surface area contributed by atoms with Gasteiger partial charge < -0.3 is 14.6 Å². The molecule has 176 valence electrons. The molecule has 0 saturated heterocycles. The van der Waals surface area contributed by atoms with Crippen molar-refractivity contribution in [2.75, 3.05) is 18.9 Å². The molecule has 1 unspecified atom stereocenters. The molecule has 10 heteroatoms. The molecular weight excluding hydrogens is 462 g/mol. The average molecular weight is 490 g/mol. The van der Waals surface area contributed by atoms with Crippen LogP contribution in [0.15, 0.2) is 53.3 Å². The Bertz CT molecular complexity index is 1340. The standard InChI is InChI=1S/C23H27N3O5S2/c1-14-21(26-13-20(23(2,3)27)32-22(26)24-14)15-6-11-18(31-5)19(12-15)33(28,29)25-16-7-9-17(30-4)10-8-16/h7-13,15,25,27H,6H2,1-5H3. The van der Waals surface area contributed by atoms with Crippen molar-refractivity contribution in [1.29, 1.82) is 0 Å². The van der Waals surface area contributed by atoms with Crippen LogP contribution in [0.1, 0.15) is 42.5 Å². The van der Waals surface area contributed by atoms with E-state index in [9.17, 15) is 13.5 Å². The van der Waals surface area contributed by atoms with Crippen LogP contribution in [0.5, 0.6) is 5.75 Å². The molecule has 2 N–H and O–H groups in total. The summed E-state index contributed by atoms with van der Waals surface area (Å²) in [5.74, 6) is 0.701. The maximum absolute atomic E-state index is 13.3. The highest BCUT2D eigenvalue weighted by atomic mass is 32.2. The fourth-order valence-electron chi connectivity index (χ4n) is 3.83.